The molecule has 0 aromatic heterocycles. The molecule has 4 nitrogen and oxygen atoms in total. The van der Waals surface area contributed by atoms with Crippen LogP contribution < -0.4 is 0 Å². The average Bonchev–Trinajstić information content (AvgIpc) is 2.39. The summed E-state index contributed by atoms with van der Waals surface area (Å²) in [5.74, 6) is -2.71. The van der Waals surface area contributed by atoms with Gasteiger partial charge in [0.15, 0.2) is 0 Å². The molecule has 1 aromatic rings. The molecular weight excluding hydrogens is 244 g/mol. The number of carbonyl (C=O) groups is 2. The Balaban J connectivity index is 2.90. The lowest BCUT2D eigenvalue weighted by molar-refractivity contribution is -0.215. The fourth-order valence-electron chi connectivity index (χ4n) is 1.57. The molecule has 0 spiro atoms. The Labute approximate surface area is 112 Å². The molecule has 0 saturated carbocycles. The summed E-state index contributed by atoms with van der Waals surface area (Å²) >= 11 is 0. The molecule has 1 aromatic carbocycles. The van der Waals surface area contributed by atoms with Crippen LogP contribution >= 0.6 is 0 Å². The van der Waals surface area contributed by atoms with E-state index in [0.717, 1.165) is 17.7 Å². The molecule has 0 atom stereocenters. The Bertz CT molecular complexity index is 454. The number of esters is 2. The maximum absolute atomic E-state index is 11.3. The van der Waals surface area contributed by atoms with E-state index in [2.05, 4.69) is 13.2 Å². The summed E-state index contributed by atoms with van der Waals surface area (Å²) in [7, 11) is 0. The second kappa shape index (κ2) is 6.54. The first kappa shape index (κ1) is 14.7. The molecule has 0 bridgehead atoms. The van der Waals surface area contributed by atoms with Gasteiger partial charge < -0.3 is 9.47 Å². The summed E-state index contributed by atoms with van der Waals surface area (Å²) in [6.45, 7) is 8.15. The van der Waals surface area contributed by atoms with Gasteiger partial charge in [-0.2, -0.15) is 0 Å². The molecule has 1 rings (SSSR count). The highest BCUT2D eigenvalue weighted by Gasteiger charge is 2.32. The van der Waals surface area contributed by atoms with Gasteiger partial charge in [-0.3, -0.25) is 0 Å². The molecule has 0 aliphatic rings. The zero-order chi connectivity index (χ0) is 14.3. The number of benzene rings is 1. The Morgan fingerprint density at radius 3 is 2.00 bits per heavy atom. The highest BCUT2D eigenvalue weighted by Crippen LogP contribution is 2.20. The van der Waals surface area contributed by atoms with E-state index in [0.29, 0.717) is 0 Å². The Hall–Kier alpha value is -2.36. The van der Waals surface area contributed by atoms with Crippen LogP contribution in [0.25, 0.3) is 0 Å². The summed E-state index contributed by atoms with van der Waals surface area (Å²) in [6.07, 6.45) is 2.28. The SMILES string of the molecule is C=CC(=O)OC(C)(Cc1ccccc1)OC(=O)C=C. The van der Waals surface area contributed by atoms with Crippen molar-refractivity contribution >= 4 is 11.9 Å². The van der Waals surface area contributed by atoms with E-state index in [1.54, 1.807) is 0 Å². The average molecular weight is 260 g/mol. The summed E-state index contributed by atoms with van der Waals surface area (Å²) in [5.41, 5.74) is 0.874. The van der Waals surface area contributed by atoms with Gasteiger partial charge >= 0.3 is 11.9 Å². The van der Waals surface area contributed by atoms with Crippen molar-refractivity contribution in [2.75, 3.05) is 0 Å². The Morgan fingerprint density at radius 2 is 1.58 bits per heavy atom. The molecule has 4 heteroatoms. The number of ether oxygens (including phenoxy) is 2. The first-order valence-corrected chi connectivity index (χ1v) is 5.74. The van der Waals surface area contributed by atoms with Gasteiger partial charge in [0, 0.05) is 25.5 Å². The minimum absolute atomic E-state index is 0.243. The van der Waals surface area contributed by atoms with Crippen LogP contribution in [0.4, 0.5) is 0 Å². The number of hydrogen-bond donors (Lipinski definition) is 0. The van der Waals surface area contributed by atoms with Gasteiger partial charge in [0.2, 0.25) is 0 Å². The smallest absolute Gasteiger partial charge is 0.333 e. The summed E-state index contributed by atoms with van der Waals surface area (Å²) < 4.78 is 10.2. The minimum Gasteiger partial charge on any atom is -0.419 e. The van der Waals surface area contributed by atoms with Crippen LogP contribution in [0.5, 0.6) is 0 Å². The van der Waals surface area contributed by atoms with E-state index < -0.39 is 17.7 Å². The van der Waals surface area contributed by atoms with Crippen molar-refractivity contribution in [3.8, 4) is 0 Å². The zero-order valence-corrected chi connectivity index (χ0v) is 10.8. The largest absolute Gasteiger partial charge is 0.419 e. The Morgan fingerprint density at radius 1 is 1.11 bits per heavy atom. The summed E-state index contributed by atoms with van der Waals surface area (Å²) in [4.78, 5) is 22.7. The van der Waals surface area contributed by atoms with E-state index >= 15 is 0 Å². The van der Waals surface area contributed by atoms with Crippen molar-refractivity contribution in [3.63, 3.8) is 0 Å². The molecule has 0 aliphatic heterocycles. The molecule has 0 heterocycles. The maximum atomic E-state index is 11.3. The first-order valence-electron chi connectivity index (χ1n) is 5.74. The van der Waals surface area contributed by atoms with Gasteiger partial charge in [-0.25, -0.2) is 9.59 Å². The highest BCUT2D eigenvalue weighted by atomic mass is 16.7. The predicted octanol–water partition coefficient (Wildman–Crippen LogP) is 2.40. The van der Waals surface area contributed by atoms with Gasteiger partial charge in [-0.1, -0.05) is 43.5 Å². The van der Waals surface area contributed by atoms with Crippen LogP contribution in [0, 0.1) is 0 Å². The van der Waals surface area contributed by atoms with E-state index in [1.165, 1.54) is 6.92 Å². The quantitative estimate of drug-likeness (QED) is 0.448. The molecule has 0 fully saturated rings. The van der Waals surface area contributed by atoms with Crippen molar-refractivity contribution in [1.29, 1.82) is 0 Å². The molecule has 19 heavy (non-hydrogen) atoms. The molecule has 100 valence electrons. The van der Waals surface area contributed by atoms with Gasteiger partial charge in [-0.15, -0.1) is 0 Å². The third kappa shape index (κ3) is 4.79. The molecule has 0 N–H and O–H groups in total. The topological polar surface area (TPSA) is 52.6 Å². The second-order valence-corrected chi connectivity index (χ2v) is 4.05. The lowest BCUT2D eigenvalue weighted by Gasteiger charge is -2.28. The van der Waals surface area contributed by atoms with Crippen LogP contribution in [0.2, 0.25) is 0 Å². The number of hydrogen-bond acceptors (Lipinski definition) is 4. The van der Waals surface area contributed by atoms with Gasteiger partial charge in [-0.05, 0) is 5.56 Å². The van der Waals surface area contributed by atoms with Gasteiger partial charge in [0.25, 0.3) is 5.79 Å². The van der Waals surface area contributed by atoms with Crippen LogP contribution in [-0.4, -0.2) is 17.7 Å². The fourth-order valence-corrected chi connectivity index (χ4v) is 1.57. The summed E-state index contributed by atoms with van der Waals surface area (Å²) in [6, 6.07) is 9.26. The van der Waals surface area contributed by atoms with E-state index in [1.807, 2.05) is 30.3 Å². The fraction of sp³-hybridized carbons (Fsp3) is 0.200. The van der Waals surface area contributed by atoms with Crippen molar-refractivity contribution < 1.29 is 19.1 Å². The van der Waals surface area contributed by atoms with Crippen molar-refractivity contribution in [2.45, 2.75) is 19.1 Å². The third-order valence-corrected chi connectivity index (χ3v) is 2.33. The minimum atomic E-state index is -1.39. The van der Waals surface area contributed by atoms with E-state index in [9.17, 15) is 9.59 Å². The molecule has 0 aliphatic carbocycles. The second-order valence-electron chi connectivity index (χ2n) is 4.05. The summed E-state index contributed by atoms with van der Waals surface area (Å²) in [5, 5.41) is 0. The molecule has 0 amide bonds. The standard InChI is InChI=1S/C15H16O4/c1-4-13(16)18-15(3,19-14(17)5-2)11-12-9-7-6-8-10-12/h4-10H,1-2,11H2,3H3. The monoisotopic (exact) mass is 260 g/mol. The molecule has 0 saturated heterocycles. The number of carbonyl (C=O) groups excluding carboxylic acids is 2. The van der Waals surface area contributed by atoms with E-state index in [4.69, 9.17) is 9.47 Å². The third-order valence-electron chi connectivity index (χ3n) is 2.33. The van der Waals surface area contributed by atoms with Crippen LogP contribution in [0.3, 0.4) is 0 Å². The van der Waals surface area contributed by atoms with Gasteiger partial charge in [0.1, 0.15) is 0 Å². The zero-order valence-electron chi connectivity index (χ0n) is 10.8. The lowest BCUT2D eigenvalue weighted by Crippen LogP contribution is -2.38. The van der Waals surface area contributed by atoms with Gasteiger partial charge in [0.05, 0.1) is 0 Å². The van der Waals surface area contributed by atoms with Crippen molar-refractivity contribution in [3.05, 3.63) is 61.2 Å². The van der Waals surface area contributed by atoms with Crippen molar-refractivity contribution in [1.82, 2.24) is 0 Å². The van der Waals surface area contributed by atoms with Crippen molar-refractivity contribution in [2.24, 2.45) is 0 Å². The van der Waals surface area contributed by atoms with Crippen LogP contribution in [0.1, 0.15) is 12.5 Å². The number of rotatable bonds is 6. The molecular formula is C15H16O4. The maximum Gasteiger partial charge on any atom is 0.333 e. The first-order chi connectivity index (χ1) is 8.99. The highest BCUT2D eigenvalue weighted by molar-refractivity contribution is 5.83. The van der Waals surface area contributed by atoms with E-state index in [-0.39, 0.29) is 6.42 Å². The van der Waals surface area contributed by atoms with Crippen LogP contribution in [0.15, 0.2) is 55.6 Å². The lowest BCUT2D eigenvalue weighted by atomic mass is 10.1. The van der Waals surface area contributed by atoms with Crippen LogP contribution in [-0.2, 0) is 25.5 Å². The Kier molecular flexibility index (Phi) is 5.06. The predicted molar refractivity (Wildman–Crippen MR) is 71.1 cm³/mol. The molecule has 0 unspecified atom stereocenters. The normalized spacial score (nSPS) is 10.4. The molecule has 0 radical (unpaired) electrons.